The zero-order valence-electron chi connectivity index (χ0n) is 13.2. The fourth-order valence-electron chi connectivity index (χ4n) is 2.21. The average molecular weight is 338 g/mol. The van der Waals surface area contributed by atoms with Crippen molar-refractivity contribution in [3.63, 3.8) is 0 Å². The molecule has 1 aliphatic heterocycles. The summed E-state index contributed by atoms with van der Waals surface area (Å²) in [5, 5.41) is 2.61. The Bertz CT molecular complexity index is 885. The number of anilines is 1. The number of hydrogen-bond acceptors (Lipinski definition) is 5. The van der Waals surface area contributed by atoms with Crippen LogP contribution in [0.2, 0.25) is 0 Å². The second kappa shape index (κ2) is 7.36. The molecule has 1 saturated heterocycles. The standard InChI is InChI=1S/C18H14N2O5/c21-16-8-5-14(12-25-16)17(22)19-9-1-2-13-3-6-15(7-4-13)20-10-11-24-18(20)23/h3-8,12H,9-11H2,(H,19,22). The molecule has 1 fully saturated rings. The first-order valence-corrected chi connectivity index (χ1v) is 7.54. The van der Waals surface area contributed by atoms with E-state index in [0.717, 1.165) is 17.5 Å². The van der Waals surface area contributed by atoms with Crippen LogP contribution in [0.3, 0.4) is 0 Å². The lowest BCUT2D eigenvalue weighted by Gasteiger charge is -2.11. The van der Waals surface area contributed by atoms with Crippen LogP contribution in [0.4, 0.5) is 10.5 Å². The van der Waals surface area contributed by atoms with Gasteiger partial charge in [0, 0.05) is 17.3 Å². The number of cyclic esters (lactones) is 1. The summed E-state index contributed by atoms with van der Waals surface area (Å²) in [6.07, 6.45) is 0.756. The maximum atomic E-state index is 11.8. The molecule has 0 atom stereocenters. The Morgan fingerprint density at radius 3 is 2.60 bits per heavy atom. The number of amides is 2. The number of carbonyl (C=O) groups is 2. The quantitative estimate of drug-likeness (QED) is 0.854. The highest BCUT2D eigenvalue weighted by atomic mass is 16.6. The summed E-state index contributed by atoms with van der Waals surface area (Å²) in [5.41, 5.74) is 1.26. The van der Waals surface area contributed by atoms with Gasteiger partial charge in [-0.15, -0.1) is 0 Å². The van der Waals surface area contributed by atoms with Gasteiger partial charge in [-0.1, -0.05) is 11.8 Å². The van der Waals surface area contributed by atoms with Crippen molar-refractivity contribution >= 4 is 17.7 Å². The van der Waals surface area contributed by atoms with Crippen LogP contribution >= 0.6 is 0 Å². The van der Waals surface area contributed by atoms with E-state index in [-0.39, 0.29) is 24.1 Å². The van der Waals surface area contributed by atoms with Crippen molar-refractivity contribution in [3.8, 4) is 11.8 Å². The van der Waals surface area contributed by atoms with Crippen LogP contribution in [0.25, 0.3) is 0 Å². The molecule has 0 saturated carbocycles. The molecule has 2 aromatic rings. The van der Waals surface area contributed by atoms with E-state index in [1.807, 2.05) is 0 Å². The maximum absolute atomic E-state index is 11.8. The molecular formula is C18H14N2O5. The van der Waals surface area contributed by atoms with Crippen LogP contribution in [0.5, 0.6) is 0 Å². The predicted molar refractivity (Wildman–Crippen MR) is 89.3 cm³/mol. The zero-order chi connectivity index (χ0) is 17.6. The molecule has 7 heteroatoms. The van der Waals surface area contributed by atoms with Crippen LogP contribution < -0.4 is 15.8 Å². The summed E-state index contributed by atoms with van der Waals surface area (Å²) in [7, 11) is 0. The van der Waals surface area contributed by atoms with Crippen molar-refractivity contribution in [1.82, 2.24) is 5.32 Å². The smallest absolute Gasteiger partial charge is 0.414 e. The molecule has 1 aromatic heterocycles. The summed E-state index contributed by atoms with van der Waals surface area (Å²) in [6, 6.07) is 9.74. The average Bonchev–Trinajstić information content (AvgIpc) is 3.06. The Hall–Kier alpha value is -3.53. The Morgan fingerprint density at radius 2 is 1.96 bits per heavy atom. The van der Waals surface area contributed by atoms with Crippen molar-refractivity contribution in [2.45, 2.75) is 0 Å². The lowest BCUT2D eigenvalue weighted by Crippen LogP contribution is -2.23. The number of nitrogens with zero attached hydrogens (tertiary/aromatic N) is 1. The lowest BCUT2D eigenvalue weighted by atomic mass is 10.2. The summed E-state index contributed by atoms with van der Waals surface area (Å²) >= 11 is 0. The second-order valence-electron chi connectivity index (χ2n) is 5.14. The van der Waals surface area contributed by atoms with Crippen LogP contribution in [0, 0.1) is 11.8 Å². The van der Waals surface area contributed by atoms with E-state index in [0.29, 0.717) is 13.2 Å². The monoisotopic (exact) mass is 338 g/mol. The largest absolute Gasteiger partial charge is 0.447 e. The number of carbonyl (C=O) groups excluding carboxylic acids is 2. The Kier molecular flexibility index (Phi) is 4.81. The fourth-order valence-corrected chi connectivity index (χ4v) is 2.21. The van der Waals surface area contributed by atoms with E-state index >= 15 is 0 Å². The Balaban J connectivity index is 1.55. The summed E-state index contributed by atoms with van der Waals surface area (Å²) in [4.78, 5) is 35.7. The van der Waals surface area contributed by atoms with Gasteiger partial charge in [0.1, 0.15) is 12.9 Å². The molecule has 126 valence electrons. The van der Waals surface area contributed by atoms with E-state index in [9.17, 15) is 14.4 Å². The molecule has 0 radical (unpaired) electrons. The molecule has 0 spiro atoms. The van der Waals surface area contributed by atoms with Gasteiger partial charge in [-0.05, 0) is 30.3 Å². The predicted octanol–water partition coefficient (Wildman–Crippen LogP) is 1.38. The van der Waals surface area contributed by atoms with Crippen molar-refractivity contribution in [2.24, 2.45) is 0 Å². The molecule has 7 nitrogen and oxygen atoms in total. The van der Waals surface area contributed by atoms with Gasteiger partial charge in [-0.25, -0.2) is 9.59 Å². The van der Waals surface area contributed by atoms with Gasteiger partial charge in [0.25, 0.3) is 5.91 Å². The molecule has 0 unspecified atom stereocenters. The molecule has 2 heterocycles. The van der Waals surface area contributed by atoms with Gasteiger partial charge < -0.3 is 14.5 Å². The van der Waals surface area contributed by atoms with Gasteiger partial charge in [0.15, 0.2) is 0 Å². The van der Waals surface area contributed by atoms with Crippen molar-refractivity contribution < 1.29 is 18.7 Å². The van der Waals surface area contributed by atoms with Crippen molar-refractivity contribution in [3.05, 3.63) is 64.2 Å². The molecule has 0 aliphatic carbocycles. The normalized spacial score (nSPS) is 13.0. The lowest BCUT2D eigenvalue weighted by molar-refractivity contribution is 0.0956. The minimum atomic E-state index is -0.512. The number of nitrogens with one attached hydrogen (secondary N) is 1. The Labute approximate surface area is 143 Å². The first-order valence-electron chi connectivity index (χ1n) is 7.54. The molecule has 25 heavy (non-hydrogen) atoms. The number of hydrogen-bond donors (Lipinski definition) is 1. The molecule has 3 rings (SSSR count). The molecule has 0 bridgehead atoms. The third-order valence-electron chi connectivity index (χ3n) is 3.47. The summed E-state index contributed by atoms with van der Waals surface area (Å²) in [5.74, 6) is 5.37. The van der Waals surface area contributed by atoms with E-state index in [4.69, 9.17) is 4.74 Å². The zero-order valence-corrected chi connectivity index (χ0v) is 13.2. The van der Waals surface area contributed by atoms with Gasteiger partial charge in [0.2, 0.25) is 0 Å². The Morgan fingerprint density at radius 1 is 1.16 bits per heavy atom. The first kappa shape index (κ1) is 16.3. The SMILES string of the molecule is O=C(NCC#Cc1ccc(N2CCOC2=O)cc1)c1ccc(=O)oc1. The van der Waals surface area contributed by atoms with Crippen molar-refractivity contribution in [2.75, 3.05) is 24.6 Å². The number of rotatable bonds is 3. The third-order valence-corrected chi connectivity index (χ3v) is 3.47. The van der Waals surface area contributed by atoms with Gasteiger partial charge >= 0.3 is 11.7 Å². The molecular weight excluding hydrogens is 324 g/mol. The summed E-state index contributed by atoms with van der Waals surface area (Å²) in [6.45, 7) is 1.08. The topological polar surface area (TPSA) is 88.9 Å². The number of benzene rings is 1. The minimum absolute atomic E-state index is 0.151. The van der Waals surface area contributed by atoms with Gasteiger partial charge in [-0.2, -0.15) is 0 Å². The van der Waals surface area contributed by atoms with Crippen LogP contribution in [-0.2, 0) is 4.74 Å². The fraction of sp³-hybridized carbons (Fsp3) is 0.167. The second-order valence-corrected chi connectivity index (χ2v) is 5.14. The van der Waals surface area contributed by atoms with Crippen LogP contribution in [0.1, 0.15) is 15.9 Å². The van der Waals surface area contributed by atoms with Gasteiger partial charge in [0.05, 0.1) is 18.7 Å². The highest BCUT2D eigenvalue weighted by Gasteiger charge is 2.23. The highest BCUT2D eigenvalue weighted by Crippen LogP contribution is 2.18. The van der Waals surface area contributed by atoms with E-state index in [1.54, 1.807) is 29.2 Å². The molecule has 1 N–H and O–H groups in total. The molecule has 1 aromatic carbocycles. The first-order chi connectivity index (χ1) is 12.1. The van der Waals surface area contributed by atoms with Crippen LogP contribution in [0.15, 0.2) is 51.9 Å². The minimum Gasteiger partial charge on any atom is -0.447 e. The summed E-state index contributed by atoms with van der Waals surface area (Å²) < 4.78 is 9.52. The maximum Gasteiger partial charge on any atom is 0.414 e. The van der Waals surface area contributed by atoms with Crippen LogP contribution in [-0.4, -0.2) is 31.7 Å². The number of ether oxygens (including phenoxy) is 1. The molecule has 2 amide bonds. The van der Waals surface area contributed by atoms with Crippen molar-refractivity contribution in [1.29, 1.82) is 0 Å². The highest BCUT2D eigenvalue weighted by molar-refractivity contribution is 5.93. The van der Waals surface area contributed by atoms with E-state index < -0.39 is 5.63 Å². The van der Waals surface area contributed by atoms with E-state index in [2.05, 4.69) is 21.6 Å². The van der Waals surface area contributed by atoms with E-state index in [1.165, 1.54) is 12.1 Å². The van der Waals surface area contributed by atoms with Gasteiger partial charge in [-0.3, -0.25) is 9.69 Å². The molecule has 1 aliphatic rings. The third kappa shape index (κ3) is 4.06.